The predicted octanol–water partition coefficient (Wildman–Crippen LogP) is 1.91. The van der Waals surface area contributed by atoms with Crippen molar-refractivity contribution in [1.29, 1.82) is 0 Å². The third-order valence-corrected chi connectivity index (χ3v) is 5.90. The van der Waals surface area contributed by atoms with Gasteiger partial charge in [-0.25, -0.2) is 9.59 Å². The maximum Gasteiger partial charge on any atom is 0.359 e. The number of aliphatic hydroxyl groups is 1. The number of nitrogens with zero attached hydrogens (tertiary/aromatic N) is 1. The predicted molar refractivity (Wildman–Crippen MR) is 95.2 cm³/mol. The lowest BCUT2D eigenvalue weighted by Crippen LogP contribution is -2.48. The van der Waals surface area contributed by atoms with Crippen molar-refractivity contribution in [3.63, 3.8) is 0 Å². The van der Waals surface area contributed by atoms with Crippen LogP contribution < -0.4 is 0 Å². The van der Waals surface area contributed by atoms with Crippen LogP contribution in [0.1, 0.15) is 37.7 Å². The van der Waals surface area contributed by atoms with Crippen LogP contribution in [0.5, 0.6) is 0 Å². The Balaban J connectivity index is 1.76. The number of ether oxygens (including phenoxy) is 1. The molecular formula is C20H28NO5+. The van der Waals surface area contributed by atoms with Gasteiger partial charge in [-0.2, -0.15) is 0 Å². The Morgan fingerprint density at radius 2 is 1.85 bits per heavy atom. The molecule has 2 aliphatic rings. The highest BCUT2D eigenvalue weighted by Gasteiger charge is 2.49. The summed E-state index contributed by atoms with van der Waals surface area (Å²) in [6.07, 6.45) is 3.87. The van der Waals surface area contributed by atoms with E-state index in [1.165, 1.54) is 0 Å². The molecule has 6 nitrogen and oxygen atoms in total. The zero-order valence-corrected chi connectivity index (χ0v) is 15.3. The monoisotopic (exact) mass is 362 g/mol. The number of rotatable bonds is 6. The average Bonchev–Trinajstić information content (AvgIpc) is 3.25. The van der Waals surface area contributed by atoms with Gasteiger partial charge >= 0.3 is 11.9 Å². The molecule has 1 aliphatic carbocycles. The molecule has 0 radical (unpaired) electrons. The van der Waals surface area contributed by atoms with Crippen LogP contribution in [-0.2, 0) is 19.9 Å². The van der Waals surface area contributed by atoms with Crippen LogP contribution in [-0.4, -0.2) is 59.4 Å². The first-order chi connectivity index (χ1) is 12.3. The van der Waals surface area contributed by atoms with Crippen molar-refractivity contribution >= 4 is 11.9 Å². The Hall–Kier alpha value is -1.92. The van der Waals surface area contributed by atoms with Crippen LogP contribution in [0.25, 0.3) is 0 Å². The molecule has 3 rings (SSSR count). The highest BCUT2D eigenvalue weighted by atomic mass is 16.6. The van der Waals surface area contributed by atoms with Gasteiger partial charge in [0.25, 0.3) is 0 Å². The summed E-state index contributed by atoms with van der Waals surface area (Å²) in [7, 11) is 1.86. The summed E-state index contributed by atoms with van der Waals surface area (Å²) >= 11 is 0. The minimum atomic E-state index is -1.63. The molecule has 0 aromatic heterocycles. The highest BCUT2D eigenvalue weighted by Crippen LogP contribution is 2.42. The van der Waals surface area contributed by atoms with Gasteiger partial charge in [0, 0.05) is 12.3 Å². The van der Waals surface area contributed by atoms with Crippen LogP contribution in [0.15, 0.2) is 30.3 Å². The SMILES string of the molecule is C[N@@+]1(CC(=O)O)CC[C@@H](OC(=O)[C@@](O)(c2ccccc2)C2CCCC2)C1. The Labute approximate surface area is 154 Å². The molecule has 1 saturated heterocycles. The molecule has 1 aliphatic heterocycles. The third kappa shape index (κ3) is 3.76. The van der Waals surface area contributed by atoms with Crippen molar-refractivity contribution < 1.29 is 29.0 Å². The fourth-order valence-electron chi connectivity index (χ4n) is 4.49. The lowest BCUT2D eigenvalue weighted by Gasteiger charge is -2.33. The molecule has 1 saturated carbocycles. The quantitative estimate of drug-likeness (QED) is 0.597. The summed E-state index contributed by atoms with van der Waals surface area (Å²) in [6.45, 7) is 1.13. The molecule has 0 bridgehead atoms. The van der Waals surface area contributed by atoms with Crippen LogP contribution >= 0.6 is 0 Å². The zero-order valence-electron chi connectivity index (χ0n) is 15.3. The fourth-order valence-corrected chi connectivity index (χ4v) is 4.49. The van der Waals surface area contributed by atoms with E-state index in [-0.39, 0.29) is 18.6 Å². The van der Waals surface area contributed by atoms with Crippen molar-refractivity contribution in [2.24, 2.45) is 5.92 Å². The number of quaternary nitrogens is 1. The van der Waals surface area contributed by atoms with Crippen molar-refractivity contribution in [2.45, 2.75) is 43.8 Å². The molecule has 1 aromatic rings. The maximum atomic E-state index is 13.0. The number of likely N-dealkylation sites (N-methyl/N-ethyl adjacent to an activating group) is 1. The van der Waals surface area contributed by atoms with Gasteiger partial charge < -0.3 is 19.4 Å². The molecule has 1 heterocycles. The molecule has 26 heavy (non-hydrogen) atoms. The molecule has 0 spiro atoms. The first-order valence-corrected chi connectivity index (χ1v) is 9.38. The number of carbonyl (C=O) groups excluding carboxylic acids is 1. The van der Waals surface area contributed by atoms with Gasteiger partial charge in [-0.15, -0.1) is 0 Å². The Morgan fingerprint density at radius 3 is 2.46 bits per heavy atom. The van der Waals surface area contributed by atoms with Crippen LogP contribution in [0, 0.1) is 5.92 Å². The minimum absolute atomic E-state index is 0.0135. The second-order valence-corrected chi connectivity index (χ2v) is 8.01. The van der Waals surface area contributed by atoms with Crippen molar-refractivity contribution in [3.05, 3.63) is 35.9 Å². The molecule has 6 heteroatoms. The minimum Gasteiger partial charge on any atom is -0.477 e. The molecular weight excluding hydrogens is 334 g/mol. The number of esters is 1. The number of hydrogen-bond donors (Lipinski definition) is 2. The summed E-state index contributed by atoms with van der Waals surface area (Å²) in [6, 6.07) is 9.05. The van der Waals surface area contributed by atoms with E-state index in [0.29, 0.717) is 29.6 Å². The van der Waals surface area contributed by atoms with Gasteiger partial charge in [-0.1, -0.05) is 43.2 Å². The lowest BCUT2D eigenvalue weighted by molar-refractivity contribution is -0.891. The zero-order chi connectivity index (χ0) is 18.8. The molecule has 0 amide bonds. The van der Waals surface area contributed by atoms with Crippen molar-refractivity contribution in [3.8, 4) is 0 Å². The summed E-state index contributed by atoms with van der Waals surface area (Å²) in [5.41, 5.74) is -1.05. The Morgan fingerprint density at radius 1 is 1.19 bits per heavy atom. The molecule has 1 aromatic carbocycles. The number of aliphatic carboxylic acids is 1. The van der Waals surface area contributed by atoms with E-state index in [4.69, 9.17) is 9.84 Å². The van der Waals surface area contributed by atoms with E-state index >= 15 is 0 Å². The summed E-state index contributed by atoms with van der Waals surface area (Å²) in [4.78, 5) is 24.1. The number of carbonyl (C=O) groups is 2. The van der Waals surface area contributed by atoms with Gasteiger partial charge in [0.05, 0.1) is 13.6 Å². The van der Waals surface area contributed by atoms with E-state index < -0.39 is 17.5 Å². The average molecular weight is 362 g/mol. The smallest absolute Gasteiger partial charge is 0.359 e. The molecule has 142 valence electrons. The topological polar surface area (TPSA) is 83.8 Å². The first kappa shape index (κ1) is 18.9. The van der Waals surface area contributed by atoms with Gasteiger partial charge in [-0.3, -0.25) is 0 Å². The number of carboxylic acid groups (broad SMARTS) is 1. The van der Waals surface area contributed by atoms with Gasteiger partial charge in [0.15, 0.2) is 18.2 Å². The normalized spacial score (nSPS) is 28.6. The third-order valence-electron chi connectivity index (χ3n) is 5.90. The standard InChI is InChI=1S/C20H27NO5/c1-21(14-18(22)23)12-11-17(13-21)26-19(24)20(25,16-9-5-6-10-16)15-7-3-2-4-8-15/h2-4,7-8,16-17,25H,5-6,9-14H2,1H3/p+1/t17-,20-,21-/m1/s1. The van der Waals surface area contributed by atoms with E-state index in [0.717, 1.165) is 25.7 Å². The summed E-state index contributed by atoms with van der Waals surface area (Å²) < 4.78 is 6.07. The second kappa shape index (κ2) is 7.37. The fraction of sp³-hybridized carbons (Fsp3) is 0.600. The number of carboxylic acids is 1. The van der Waals surface area contributed by atoms with Gasteiger partial charge in [0.2, 0.25) is 0 Å². The number of hydrogen-bond acceptors (Lipinski definition) is 4. The molecule has 2 N–H and O–H groups in total. The van der Waals surface area contributed by atoms with Crippen molar-refractivity contribution in [1.82, 2.24) is 0 Å². The number of benzene rings is 1. The second-order valence-electron chi connectivity index (χ2n) is 8.01. The van der Waals surface area contributed by atoms with E-state index in [9.17, 15) is 14.7 Å². The van der Waals surface area contributed by atoms with Crippen LogP contribution in [0.3, 0.4) is 0 Å². The van der Waals surface area contributed by atoms with E-state index in [1.807, 2.05) is 25.2 Å². The van der Waals surface area contributed by atoms with E-state index in [1.54, 1.807) is 12.1 Å². The van der Waals surface area contributed by atoms with E-state index in [2.05, 4.69) is 0 Å². The van der Waals surface area contributed by atoms with Gasteiger partial charge in [0.1, 0.15) is 6.54 Å². The summed E-state index contributed by atoms with van der Waals surface area (Å²) in [5.74, 6) is -1.59. The number of likely N-dealkylation sites (tertiary alicyclic amines) is 1. The van der Waals surface area contributed by atoms with Gasteiger partial charge in [-0.05, 0) is 18.4 Å². The van der Waals surface area contributed by atoms with Crippen LogP contribution in [0.4, 0.5) is 0 Å². The largest absolute Gasteiger partial charge is 0.477 e. The van der Waals surface area contributed by atoms with Crippen molar-refractivity contribution in [2.75, 3.05) is 26.7 Å². The summed E-state index contributed by atoms with van der Waals surface area (Å²) in [5, 5.41) is 20.5. The first-order valence-electron chi connectivity index (χ1n) is 9.38. The molecule has 2 fully saturated rings. The Bertz CT molecular complexity index is 657. The molecule has 0 unspecified atom stereocenters. The lowest BCUT2D eigenvalue weighted by atomic mass is 9.80. The van der Waals surface area contributed by atoms with Crippen LogP contribution in [0.2, 0.25) is 0 Å². The highest BCUT2D eigenvalue weighted by molar-refractivity contribution is 5.81. The molecule has 3 atom stereocenters. The maximum absolute atomic E-state index is 13.0. The Kier molecular flexibility index (Phi) is 5.34.